The highest BCUT2D eigenvalue weighted by atomic mass is 16.6. The van der Waals surface area contributed by atoms with E-state index < -0.39 is 4.92 Å². The summed E-state index contributed by atoms with van der Waals surface area (Å²) in [6.07, 6.45) is 3.45. The third-order valence-corrected chi connectivity index (χ3v) is 3.70. The molecule has 0 aliphatic carbocycles. The Kier molecular flexibility index (Phi) is 3.89. The summed E-state index contributed by atoms with van der Waals surface area (Å²) in [6.45, 7) is 6.38. The fraction of sp³-hybridized carbons (Fsp3) is 0.222. The molecule has 0 saturated carbocycles. The van der Waals surface area contributed by atoms with Crippen molar-refractivity contribution in [1.82, 2.24) is 9.55 Å². The monoisotopic (exact) mass is 322 g/mol. The van der Waals surface area contributed by atoms with Gasteiger partial charge in [0.15, 0.2) is 0 Å². The molecule has 24 heavy (non-hydrogen) atoms. The van der Waals surface area contributed by atoms with Gasteiger partial charge in [-0.1, -0.05) is 12.1 Å². The van der Waals surface area contributed by atoms with Crippen LogP contribution in [0, 0.1) is 10.1 Å². The summed E-state index contributed by atoms with van der Waals surface area (Å²) in [6, 6.07) is 12.2. The van der Waals surface area contributed by atoms with Crippen LogP contribution < -0.4 is 0 Å². The van der Waals surface area contributed by atoms with E-state index in [1.54, 1.807) is 18.3 Å². The Balaban J connectivity index is 1.91. The maximum atomic E-state index is 10.8. The molecular formula is C18H18N4O2. The number of imidazole rings is 1. The van der Waals surface area contributed by atoms with Crippen molar-refractivity contribution in [3.05, 3.63) is 64.5 Å². The van der Waals surface area contributed by atoms with Crippen LogP contribution in [0.2, 0.25) is 0 Å². The van der Waals surface area contributed by atoms with Gasteiger partial charge in [0.25, 0.3) is 5.69 Å². The molecule has 3 rings (SSSR count). The number of nitro groups is 1. The van der Waals surface area contributed by atoms with Gasteiger partial charge >= 0.3 is 0 Å². The number of aliphatic imine (C=N–C) groups is 1. The fourth-order valence-corrected chi connectivity index (χ4v) is 2.48. The van der Waals surface area contributed by atoms with Gasteiger partial charge in [0.1, 0.15) is 0 Å². The van der Waals surface area contributed by atoms with E-state index in [1.807, 2.05) is 24.5 Å². The lowest BCUT2D eigenvalue weighted by Crippen LogP contribution is -2.20. The van der Waals surface area contributed by atoms with Gasteiger partial charge in [0.2, 0.25) is 0 Å². The minimum atomic E-state index is -0.414. The summed E-state index contributed by atoms with van der Waals surface area (Å²) in [7, 11) is 0. The van der Waals surface area contributed by atoms with Crippen LogP contribution in [0.1, 0.15) is 26.3 Å². The molecule has 1 heterocycles. The second-order valence-electron chi connectivity index (χ2n) is 6.57. The lowest BCUT2D eigenvalue weighted by atomic mass is 10.1. The van der Waals surface area contributed by atoms with E-state index in [0.29, 0.717) is 5.56 Å². The van der Waals surface area contributed by atoms with Crippen LogP contribution >= 0.6 is 0 Å². The van der Waals surface area contributed by atoms with E-state index in [2.05, 4.69) is 35.3 Å². The summed E-state index contributed by atoms with van der Waals surface area (Å²) in [5, 5.41) is 10.8. The molecule has 0 amide bonds. The van der Waals surface area contributed by atoms with Crippen LogP contribution in [0.4, 0.5) is 11.4 Å². The zero-order valence-electron chi connectivity index (χ0n) is 13.8. The molecule has 0 saturated heterocycles. The topological polar surface area (TPSA) is 73.3 Å². The lowest BCUT2D eigenvalue weighted by molar-refractivity contribution is -0.384. The van der Waals surface area contributed by atoms with Crippen LogP contribution in [-0.4, -0.2) is 20.7 Å². The van der Waals surface area contributed by atoms with Crippen molar-refractivity contribution < 1.29 is 4.92 Å². The van der Waals surface area contributed by atoms with E-state index in [0.717, 1.165) is 16.7 Å². The Labute approximate surface area is 139 Å². The van der Waals surface area contributed by atoms with Crippen molar-refractivity contribution in [3.63, 3.8) is 0 Å². The quantitative estimate of drug-likeness (QED) is 0.406. The highest BCUT2D eigenvalue weighted by Gasteiger charge is 2.15. The van der Waals surface area contributed by atoms with Gasteiger partial charge in [0, 0.05) is 23.9 Å². The van der Waals surface area contributed by atoms with E-state index in [-0.39, 0.29) is 11.2 Å². The Hall–Kier alpha value is -3.02. The molecule has 0 atom stereocenters. The zero-order chi connectivity index (χ0) is 17.3. The molecular weight excluding hydrogens is 304 g/mol. The summed E-state index contributed by atoms with van der Waals surface area (Å²) in [4.78, 5) is 19.2. The third-order valence-electron chi connectivity index (χ3n) is 3.70. The second kappa shape index (κ2) is 5.88. The number of hydrogen-bond donors (Lipinski definition) is 0. The predicted octanol–water partition coefficient (Wildman–Crippen LogP) is 4.45. The number of non-ortho nitro benzene ring substituents is 1. The average molecular weight is 322 g/mol. The summed E-state index contributed by atoms with van der Waals surface area (Å²) < 4.78 is 2.12. The number of aromatic nitrogens is 2. The molecule has 1 aromatic heterocycles. The van der Waals surface area contributed by atoms with Crippen molar-refractivity contribution in [3.8, 4) is 0 Å². The molecule has 3 aromatic rings. The van der Waals surface area contributed by atoms with E-state index in [9.17, 15) is 10.1 Å². The number of hydrogen-bond acceptors (Lipinski definition) is 4. The lowest BCUT2D eigenvalue weighted by Gasteiger charge is -2.21. The number of rotatable bonds is 3. The maximum Gasteiger partial charge on any atom is 0.270 e. The van der Waals surface area contributed by atoms with Crippen molar-refractivity contribution in [2.24, 2.45) is 4.99 Å². The molecule has 0 spiro atoms. The van der Waals surface area contributed by atoms with Gasteiger partial charge in [0.05, 0.1) is 28.0 Å². The Morgan fingerprint density at radius 3 is 2.71 bits per heavy atom. The van der Waals surface area contributed by atoms with Crippen LogP contribution in [0.15, 0.2) is 53.8 Å². The van der Waals surface area contributed by atoms with Gasteiger partial charge < -0.3 is 4.57 Å². The molecule has 0 radical (unpaired) electrons. The van der Waals surface area contributed by atoms with Crippen LogP contribution in [0.3, 0.4) is 0 Å². The number of nitrogens with zero attached hydrogens (tertiary/aromatic N) is 4. The van der Waals surface area contributed by atoms with Gasteiger partial charge in [-0.25, -0.2) is 4.98 Å². The molecule has 0 N–H and O–H groups in total. The third kappa shape index (κ3) is 3.17. The smallest absolute Gasteiger partial charge is 0.270 e. The number of nitro benzene ring substituents is 1. The highest BCUT2D eigenvalue weighted by molar-refractivity contribution is 5.85. The van der Waals surface area contributed by atoms with Crippen LogP contribution in [-0.2, 0) is 5.54 Å². The molecule has 0 aliphatic rings. The first kappa shape index (κ1) is 15.9. The predicted molar refractivity (Wildman–Crippen MR) is 95.1 cm³/mol. The second-order valence-corrected chi connectivity index (χ2v) is 6.57. The first-order valence-corrected chi connectivity index (χ1v) is 7.61. The molecule has 122 valence electrons. The van der Waals surface area contributed by atoms with Crippen LogP contribution in [0.5, 0.6) is 0 Å². The Bertz CT molecular complexity index is 936. The minimum Gasteiger partial charge on any atom is -0.325 e. The van der Waals surface area contributed by atoms with Crippen molar-refractivity contribution in [2.75, 3.05) is 0 Å². The maximum absolute atomic E-state index is 10.8. The normalized spacial score (nSPS) is 12.1. The summed E-state index contributed by atoms with van der Waals surface area (Å²) in [5.41, 5.74) is 3.38. The summed E-state index contributed by atoms with van der Waals surface area (Å²) >= 11 is 0. The van der Waals surface area contributed by atoms with E-state index in [1.165, 1.54) is 12.1 Å². The first-order valence-electron chi connectivity index (χ1n) is 7.61. The van der Waals surface area contributed by atoms with Gasteiger partial charge in [-0.3, -0.25) is 15.1 Å². The SMILES string of the molecule is CC(C)(C)n1cnc2cc(N=Cc3cccc([N+](=O)[O-])c3)ccc21. The van der Waals surface area contributed by atoms with Crippen LogP contribution in [0.25, 0.3) is 11.0 Å². The highest BCUT2D eigenvalue weighted by Crippen LogP contribution is 2.25. The number of benzene rings is 2. The minimum absolute atomic E-state index is 0.0392. The van der Waals surface area contributed by atoms with Gasteiger partial charge in [-0.15, -0.1) is 0 Å². The molecule has 0 aliphatic heterocycles. The Morgan fingerprint density at radius 1 is 1.21 bits per heavy atom. The van der Waals surface area contributed by atoms with Crippen molar-refractivity contribution in [2.45, 2.75) is 26.3 Å². The molecule has 0 unspecified atom stereocenters. The molecule has 2 aromatic carbocycles. The molecule has 6 heteroatoms. The molecule has 0 fully saturated rings. The molecule has 6 nitrogen and oxygen atoms in total. The van der Waals surface area contributed by atoms with Gasteiger partial charge in [-0.05, 0) is 44.5 Å². The van der Waals surface area contributed by atoms with Crippen molar-refractivity contribution >= 4 is 28.6 Å². The standard InChI is InChI=1S/C18H18N4O2/c1-18(2,3)21-12-20-16-10-14(7-8-17(16)21)19-11-13-5-4-6-15(9-13)22(23)24/h4-12H,1-3H3. The first-order chi connectivity index (χ1) is 11.3. The van der Waals surface area contributed by atoms with E-state index in [4.69, 9.17) is 0 Å². The number of fused-ring (bicyclic) bond motifs is 1. The molecule has 0 bridgehead atoms. The summed E-state index contributed by atoms with van der Waals surface area (Å²) in [5.74, 6) is 0. The largest absolute Gasteiger partial charge is 0.325 e. The fourth-order valence-electron chi connectivity index (χ4n) is 2.48. The zero-order valence-corrected chi connectivity index (χ0v) is 13.8. The Morgan fingerprint density at radius 2 is 2.00 bits per heavy atom. The van der Waals surface area contributed by atoms with Gasteiger partial charge in [-0.2, -0.15) is 0 Å². The average Bonchev–Trinajstić information content (AvgIpc) is 2.96. The van der Waals surface area contributed by atoms with E-state index >= 15 is 0 Å². The van der Waals surface area contributed by atoms with Crippen molar-refractivity contribution in [1.29, 1.82) is 0 Å².